The van der Waals surface area contributed by atoms with E-state index >= 15 is 0 Å². The number of methoxy groups -OCH3 is 1. The fourth-order valence-corrected chi connectivity index (χ4v) is 2.11. The number of rotatable bonds is 5. The van der Waals surface area contributed by atoms with Crippen LogP contribution in [-0.2, 0) is 0 Å². The Hall–Kier alpha value is -3.88. The van der Waals surface area contributed by atoms with Crippen molar-refractivity contribution in [1.82, 2.24) is 15.2 Å². The molecule has 0 bridgehead atoms. The zero-order chi connectivity index (χ0) is 18.5. The molecule has 0 saturated carbocycles. The lowest BCUT2D eigenvalue weighted by atomic mass is 10.1. The molecule has 3 rings (SSSR count). The van der Waals surface area contributed by atoms with E-state index in [1.165, 1.54) is 18.3 Å². The van der Waals surface area contributed by atoms with Crippen LogP contribution in [0.2, 0.25) is 0 Å². The van der Waals surface area contributed by atoms with Crippen molar-refractivity contribution in [3.63, 3.8) is 0 Å². The van der Waals surface area contributed by atoms with Gasteiger partial charge in [-0.1, -0.05) is 0 Å². The molecule has 0 spiro atoms. The lowest BCUT2D eigenvalue weighted by Crippen LogP contribution is -2.15. The Labute approximate surface area is 147 Å². The molecular weight excluding hydrogens is 338 g/mol. The number of ether oxygens (including phenoxy) is 1. The molecule has 1 aromatic heterocycles. The largest absolute Gasteiger partial charge is 0.504 e. The maximum atomic E-state index is 12.2. The molecule has 132 valence electrons. The first kappa shape index (κ1) is 17.0. The number of aromatic amines is 1. The van der Waals surface area contributed by atoms with Crippen LogP contribution < -0.4 is 15.7 Å². The van der Waals surface area contributed by atoms with Gasteiger partial charge in [0, 0.05) is 5.56 Å². The van der Waals surface area contributed by atoms with Gasteiger partial charge in [0.25, 0.3) is 5.56 Å². The second-order valence-corrected chi connectivity index (χ2v) is 5.20. The normalized spacial score (nSPS) is 10.8. The molecule has 0 atom stereocenters. The second kappa shape index (κ2) is 7.34. The number of anilines is 1. The highest BCUT2D eigenvalue weighted by atomic mass is 16.5. The zero-order valence-electron chi connectivity index (χ0n) is 13.7. The average Bonchev–Trinajstić information content (AvgIpc) is 2.65. The smallest absolute Gasteiger partial charge is 0.279 e. The van der Waals surface area contributed by atoms with Crippen LogP contribution in [0.3, 0.4) is 0 Å². The number of hydrazone groups is 1. The standard InChI is InChI=1S/C17H15N5O4/c1-26-12-5-3-11(4-6-12)15-16(25)19-17(22-20-15)21-18-9-10-2-7-13(23)14(24)8-10/h2-9,23-24H,1H3,(H2,19,21,22,25)/b18-9+. The van der Waals surface area contributed by atoms with Gasteiger partial charge in [0.05, 0.1) is 13.3 Å². The molecule has 4 N–H and O–H groups in total. The van der Waals surface area contributed by atoms with E-state index in [0.717, 1.165) is 0 Å². The first-order valence-corrected chi connectivity index (χ1v) is 7.49. The predicted molar refractivity (Wildman–Crippen MR) is 95.6 cm³/mol. The first-order chi connectivity index (χ1) is 12.6. The van der Waals surface area contributed by atoms with E-state index in [1.807, 2.05) is 0 Å². The summed E-state index contributed by atoms with van der Waals surface area (Å²) in [4.78, 5) is 14.7. The molecule has 26 heavy (non-hydrogen) atoms. The van der Waals surface area contributed by atoms with Crippen LogP contribution >= 0.6 is 0 Å². The molecule has 3 aromatic rings. The van der Waals surface area contributed by atoms with E-state index in [9.17, 15) is 15.0 Å². The Morgan fingerprint density at radius 1 is 1.12 bits per heavy atom. The summed E-state index contributed by atoms with van der Waals surface area (Å²) in [6, 6.07) is 11.1. The fraction of sp³-hybridized carbons (Fsp3) is 0.0588. The molecule has 0 aliphatic heterocycles. The molecule has 9 nitrogen and oxygen atoms in total. The van der Waals surface area contributed by atoms with Gasteiger partial charge in [0.1, 0.15) is 5.75 Å². The van der Waals surface area contributed by atoms with Crippen LogP contribution in [0.5, 0.6) is 17.2 Å². The summed E-state index contributed by atoms with van der Waals surface area (Å²) in [7, 11) is 1.56. The van der Waals surface area contributed by atoms with Gasteiger partial charge in [-0.2, -0.15) is 5.10 Å². The summed E-state index contributed by atoms with van der Waals surface area (Å²) < 4.78 is 5.07. The van der Waals surface area contributed by atoms with Gasteiger partial charge in [-0.25, -0.2) is 5.43 Å². The van der Waals surface area contributed by atoms with Crippen LogP contribution in [0.1, 0.15) is 5.56 Å². The van der Waals surface area contributed by atoms with Crippen molar-refractivity contribution in [2.75, 3.05) is 12.5 Å². The van der Waals surface area contributed by atoms with Gasteiger partial charge >= 0.3 is 0 Å². The second-order valence-electron chi connectivity index (χ2n) is 5.20. The molecule has 0 aliphatic rings. The van der Waals surface area contributed by atoms with Crippen LogP contribution in [-0.4, -0.2) is 38.7 Å². The number of hydrogen-bond acceptors (Lipinski definition) is 8. The number of phenols is 2. The summed E-state index contributed by atoms with van der Waals surface area (Å²) in [5.41, 5.74) is 3.43. The Morgan fingerprint density at radius 3 is 2.54 bits per heavy atom. The Bertz CT molecular complexity index is 999. The van der Waals surface area contributed by atoms with E-state index in [-0.39, 0.29) is 23.1 Å². The maximum Gasteiger partial charge on any atom is 0.279 e. The maximum absolute atomic E-state index is 12.2. The number of benzene rings is 2. The first-order valence-electron chi connectivity index (χ1n) is 7.49. The van der Waals surface area contributed by atoms with Gasteiger partial charge in [-0.05, 0) is 48.0 Å². The van der Waals surface area contributed by atoms with Crippen LogP contribution in [0, 0.1) is 0 Å². The van der Waals surface area contributed by atoms with Crippen LogP contribution in [0.15, 0.2) is 52.4 Å². The fourth-order valence-electron chi connectivity index (χ4n) is 2.11. The van der Waals surface area contributed by atoms with E-state index in [1.54, 1.807) is 37.4 Å². The Kier molecular flexibility index (Phi) is 4.79. The minimum Gasteiger partial charge on any atom is -0.504 e. The zero-order valence-corrected chi connectivity index (χ0v) is 13.7. The Balaban J connectivity index is 1.73. The molecular formula is C17H15N5O4. The third-order valence-electron chi connectivity index (χ3n) is 3.44. The summed E-state index contributed by atoms with van der Waals surface area (Å²) in [6.45, 7) is 0. The monoisotopic (exact) mass is 353 g/mol. The summed E-state index contributed by atoms with van der Waals surface area (Å²) in [5, 5.41) is 30.3. The van der Waals surface area contributed by atoms with Crippen molar-refractivity contribution in [2.45, 2.75) is 0 Å². The van der Waals surface area contributed by atoms with E-state index in [0.29, 0.717) is 16.9 Å². The minimum atomic E-state index is -0.426. The van der Waals surface area contributed by atoms with Crippen molar-refractivity contribution in [3.8, 4) is 28.5 Å². The Morgan fingerprint density at radius 2 is 1.88 bits per heavy atom. The number of aromatic nitrogens is 3. The molecule has 0 unspecified atom stereocenters. The van der Waals surface area contributed by atoms with Crippen molar-refractivity contribution < 1.29 is 14.9 Å². The average molecular weight is 353 g/mol. The SMILES string of the molecule is COc1ccc(-c2nnc(N/N=C/c3ccc(O)c(O)c3)[nH]c2=O)cc1. The topological polar surface area (TPSA) is 133 Å². The van der Waals surface area contributed by atoms with E-state index in [2.05, 4.69) is 25.7 Å². The van der Waals surface area contributed by atoms with Crippen molar-refractivity contribution in [3.05, 3.63) is 58.4 Å². The van der Waals surface area contributed by atoms with Crippen LogP contribution in [0.4, 0.5) is 5.95 Å². The molecule has 0 radical (unpaired) electrons. The third kappa shape index (κ3) is 3.78. The van der Waals surface area contributed by atoms with Gasteiger partial charge in [0.15, 0.2) is 17.2 Å². The molecule has 0 saturated heterocycles. The number of aromatic hydroxyl groups is 2. The highest BCUT2D eigenvalue weighted by Crippen LogP contribution is 2.24. The van der Waals surface area contributed by atoms with Crippen LogP contribution in [0.25, 0.3) is 11.3 Å². The molecule has 2 aromatic carbocycles. The van der Waals surface area contributed by atoms with Crippen molar-refractivity contribution >= 4 is 12.2 Å². The van der Waals surface area contributed by atoms with E-state index in [4.69, 9.17) is 4.74 Å². The molecule has 0 fully saturated rings. The quantitative estimate of drug-likeness (QED) is 0.312. The predicted octanol–water partition coefficient (Wildman–Crippen LogP) is 1.70. The molecule has 0 aliphatic carbocycles. The lowest BCUT2D eigenvalue weighted by Gasteiger charge is -2.03. The highest BCUT2D eigenvalue weighted by Gasteiger charge is 2.07. The number of hydrogen-bond donors (Lipinski definition) is 4. The minimum absolute atomic E-state index is 0.0616. The number of nitrogens with one attached hydrogen (secondary N) is 2. The third-order valence-corrected chi connectivity index (χ3v) is 3.44. The molecule has 9 heteroatoms. The number of phenolic OH excluding ortho intramolecular Hbond substituents is 2. The summed E-state index contributed by atoms with van der Waals surface area (Å²) in [5.74, 6) is 0.253. The summed E-state index contributed by atoms with van der Waals surface area (Å²) in [6.07, 6.45) is 1.39. The lowest BCUT2D eigenvalue weighted by molar-refractivity contribution is 0.403. The summed E-state index contributed by atoms with van der Waals surface area (Å²) >= 11 is 0. The van der Waals surface area contributed by atoms with Gasteiger partial charge in [-0.3, -0.25) is 9.78 Å². The van der Waals surface area contributed by atoms with Gasteiger partial charge < -0.3 is 14.9 Å². The molecule has 1 heterocycles. The highest BCUT2D eigenvalue weighted by molar-refractivity contribution is 5.81. The van der Waals surface area contributed by atoms with Crippen molar-refractivity contribution in [1.29, 1.82) is 0 Å². The number of nitrogens with zero attached hydrogens (tertiary/aromatic N) is 3. The van der Waals surface area contributed by atoms with Gasteiger partial charge in [0.2, 0.25) is 5.95 Å². The van der Waals surface area contributed by atoms with Gasteiger partial charge in [-0.15, -0.1) is 10.2 Å². The molecule has 0 amide bonds. The number of H-pyrrole nitrogens is 1. The van der Waals surface area contributed by atoms with E-state index < -0.39 is 5.56 Å². The van der Waals surface area contributed by atoms with Crippen molar-refractivity contribution in [2.24, 2.45) is 5.10 Å².